The van der Waals surface area contributed by atoms with E-state index in [1.165, 1.54) is 0 Å². The van der Waals surface area contributed by atoms with E-state index >= 15 is 0 Å². The summed E-state index contributed by atoms with van der Waals surface area (Å²) >= 11 is 0. The molecule has 178 valence electrons. The molecule has 0 spiro atoms. The number of amides is 3. The standard InChI is InChI=1S/C24H38N4O4/c1-6-32-20-9-7-18(8-10-20)22(30)25-15-21(29)28-13-11-19(12-14-28)23(31)26-16-24(2,3)17-27(4)5/h7-10,19H,6,11-17H2,1-5H3,(H,25,30)(H,26,31). The summed E-state index contributed by atoms with van der Waals surface area (Å²) in [6, 6.07) is 6.82. The molecule has 2 rings (SSSR count). The zero-order valence-electron chi connectivity index (χ0n) is 20.1. The molecular formula is C24H38N4O4. The van der Waals surface area contributed by atoms with E-state index in [-0.39, 0.29) is 35.6 Å². The third-order valence-corrected chi connectivity index (χ3v) is 5.53. The van der Waals surface area contributed by atoms with Gasteiger partial charge in [0.05, 0.1) is 13.2 Å². The van der Waals surface area contributed by atoms with Crippen LogP contribution in [0.25, 0.3) is 0 Å². The molecule has 0 atom stereocenters. The third kappa shape index (κ3) is 8.15. The van der Waals surface area contributed by atoms with Gasteiger partial charge in [0.2, 0.25) is 11.8 Å². The Kier molecular flexibility index (Phi) is 9.50. The number of nitrogens with zero attached hydrogens (tertiary/aromatic N) is 2. The monoisotopic (exact) mass is 446 g/mol. The van der Waals surface area contributed by atoms with Gasteiger partial charge in [-0.1, -0.05) is 13.8 Å². The molecule has 2 N–H and O–H groups in total. The average molecular weight is 447 g/mol. The molecule has 1 fully saturated rings. The van der Waals surface area contributed by atoms with E-state index in [4.69, 9.17) is 4.74 Å². The zero-order valence-corrected chi connectivity index (χ0v) is 20.1. The molecule has 1 heterocycles. The molecule has 0 unspecified atom stereocenters. The van der Waals surface area contributed by atoms with Crippen molar-refractivity contribution in [2.45, 2.75) is 33.6 Å². The topological polar surface area (TPSA) is 91.0 Å². The lowest BCUT2D eigenvalue weighted by molar-refractivity contribution is -0.134. The molecule has 1 aliphatic heterocycles. The van der Waals surface area contributed by atoms with Crippen molar-refractivity contribution in [1.29, 1.82) is 0 Å². The maximum absolute atomic E-state index is 12.5. The number of hydrogen-bond acceptors (Lipinski definition) is 5. The summed E-state index contributed by atoms with van der Waals surface area (Å²) in [6.07, 6.45) is 1.27. The van der Waals surface area contributed by atoms with Crippen molar-refractivity contribution in [3.05, 3.63) is 29.8 Å². The first-order valence-corrected chi connectivity index (χ1v) is 11.3. The van der Waals surface area contributed by atoms with E-state index in [1.807, 2.05) is 21.0 Å². The summed E-state index contributed by atoms with van der Waals surface area (Å²) in [5.74, 6) is 0.264. The number of piperidine rings is 1. The second-order valence-electron chi connectivity index (χ2n) is 9.41. The molecule has 1 aliphatic rings. The molecule has 0 aromatic heterocycles. The second kappa shape index (κ2) is 11.9. The van der Waals surface area contributed by atoms with Gasteiger partial charge in [-0.25, -0.2) is 0 Å². The van der Waals surface area contributed by atoms with Gasteiger partial charge < -0.3 is 25.2 Å². The Balaban J connectivity index is 1.72. The van der Waals surface area contributed by atoms with Crippen LogP contribution >= 0.6 is 0 Å². The van der Waals surface area contributed by atoms with E-state index < -0.39 is 0 Å². The lowest BCUT2D eigenvalue weighted by atomic mass is 9.91. The first kappa shape index (κ1) is 25.6. The average Bonchev–Trinajstić information content (AvgIpc) is 2.75. The van der Waals surface area contributed by atoms with Crippen molar-refractivity contribution in [1.82, 2.24) is 20.4 Å². The number of nitrogens with one attached hydrogen (secondary N) is 2. The van der Waals surface area contributed by atoms with Gasteiger partial charge in [-0.3, -0.25) is 14.4 Å². The van der Waals surface area contributed by atoms with Gasteiger partial charge in [-0.05, 0) is 63.5 Å². The Labute approximate surface area is 191 Å². The Morgan fingerprint density at radius 1 is 1.09 bits per heavy atom. The smallest absolute Gasteiger partial charge is 0.251 e. The third-order valence-electron chi connectivity index (χ3n) is 5.53. The van der Waals surface area contributed by atoms with Crippen LogP contribution in [0.4, 0.5) is 0 Å². The largest absolute Gasteiger partial charge is 0.494 e. The summed E-state index contributed by atoms with van der Waals surface area (Å²) in [7, 11) is 4.05. The van der Waals surface area contributed by atoms with Gasteiger partial charge >= 0.3 is 0 Å². The number of carbonyl (C=O) groups excluding carboxylic acids is 3. The van der Waals surface area contributed by atoms with E-state index in [9.17, 15) is 14.4 Å². The van der Waals surface area contributed by atoms with Gasteiger partial charge in [-0.15, -0.1) is 0 Å². The number of likely N-dealkylation sites (tertiary alicyclic amines) is 1. The molecule has 0 bridgehead atoms. The Hall–Kier alpha value is -2.61. The predicted octanol–water partition coefficient (Wildman–Crippen LogP) is 1.76. The fraction of sp³-hybridized carbons (Fsp3) is 0.625. The highest BCUT2D eigenvalue weighted by Crippen LogP contribution is 2.19. The normalized spacial score (nSPS) is 14.9. The fourth-order valence-electron chi connectivity index (χ4n) is 4.01. The van der Waals surface area contributed by atoms with Crippen LogP contribution in [0.1, 0.15) is 44.0 Å². The number of benzene rings is 1. The van der Waals surface area contributed by atoms with Crippen molar-refractivity contribution in [2.75, 3.05) is 53.4 Å². The quantitative estimate of drug-likeness (QED) is 0.572. The number of hydrogen-bond donors (Lipinski definition) is 2. The van der Waals surface area contributed by atoms with Gasteiger partial charge in [0, 0.05) is 37.7 Å². The molecule has 32 heavy (non-hydrogen) atoms. The SMILES string of the molecule is CCOc1ccc(C(=O)NCC(=O)N2CCC(C(=O)NCC(C)(C)CN(C)C)CC2)cc1. The Bertz CT molecular complexity index is 769. The molecule has 0 radical (unpaired) electrons. The second-order valence-corrected chi connectivity index (χ2v) is 9.41. The van der Waals surface area contributed by atoms with Crippen molar-refractivity contribution in [3.8, 4) is 5.75 Å². The lowest BCUT2D eigenvalue weighted by Crippen LogP contribution is -2.47. The summed E-state index contributed by atoms with van der Waals surface area (Å²) in [4.78, 5) is 41.2. The predicted molar refractivity (Wildman–Crippen MR) is 125 cm³/mol. The highest BCUT2D eigenvalue weighted by Gasteiger charge is 2.28. The lowest BCUT2D eigenvalue weighted by Gasteiger charge is -2.33. The molecule has 1 saturated heterocycles. The van der Waals surface area contributed by atoms with Crippen LogP contribution in [0.2, 0.25) is 0 Å². The Morgan fingerprint density at radius 2 is 1.72 bits per heavy atom. The molecule has 3 amide bonds. The molecule has 8 nitrogen and oxygen atoms in total. The summed E-state index contributed by atoms with van der Waals surface area (Å²) < 4.78 is 5.37. The van der Waals surface area contributed by atoms with Crippen molar-refractivity contribution >= 4 is 17.7 Å². The molecular weight excluding hydrogens is 408 g/mol. The van der Waals surface area contributed by atoms with E-state index in [0.29, 0.717) is 50.4 Å². The summed E-state index contributed by atoms with van der Waals surface area (Å²) in [5, 5.41) is 5.76. The molecule has 8 heteroatoms. The van der Waals surface area contributed by atoms with Crippen LogP contribution in [0.5, 0.6) is 5.75 Å². The maximum atomic E-state index is 12.5. The van der Waals surface area contributed by atoms with Crippen LogP contribution < -0.4 is 15.4 Å². The molecule has 0 aliphatic carbocycles. The molecule has 0 saturated carbocycles. The number of ether oxygens (including phenoxy) is 1. The van der Waals surface area contributed by atoms with Gasteiger partial charge in [0.25, 0.3) is 5.91 Å². The number of rotatable bonds is 10. The van der Waals surface area contributed by atoms with Crippen molar-refractivity contribution in [3.63, 3.8) is 0 Å². The minimum atomic E-state index is -0.295. The van der Waals surface area contributed by atoms with E-state index in [2.05, 4.69) is 29.4 Å². The van der Waals surface area contributed by atoms with Crippen molar-refractivity contribution < 1.29 is 19.1 Å². The van der Waals surface area contributed by atoms with Gasteiger partial charge in [0.15, 0.2) is 0 Å². The first-order chi connectivity index (χ1) is 15.1. The van der Waals surface area contributed by atoms with Crippen LogP contribution in [0, 0.1) is 11.3 Å². The van der Waals surface area contributed by atoms with Crippen LogP contribution in [0.3, 0.4) is 0 Å². The van der Waals surface area contributed by atoms with Crippen LogP contribution in [-0.4, -0.2) is 80.9 Å². The first-order valence-electron chi connectivity index (χ1n) is 11.3. The summed E-state index contributed by atoms with van der Waals surface area (Å²) in [5.41, 5.74) is 0.478. The highest BCUT2D eigenvalue weighted by molar-refractivity contribution is 5.96. The van der Waals surface area contributed by atoms with E-state index in [1.54, 1.807) is 29.2 Å². The van der Waals surface area contributed by atoms with E-state index in [0.717, 1.165) is 6.54 Å². The minimum absolute atomic E-state index is 0.00260. The minimum Gasteiger partial charge on any atom is -0.494 e. The molecule has 1 aromatic carbocycles. The molecule has 1 aromatic rings. The van der Waals surface area contributed by atoms with Gasteiger partial charge in [-0.2, -0.15) is 0 Å². The van der Waals surface area contributed by atoms with Crippen molar-refractivity contribution in [2.24, 2.45) is 11.3 Å². The maximum Gasteiger partial charge on any atom is 0.251 e. The van der Waals surface area contributed by atoms with Crippen LogP contribution in [-0.2, 0) is 9.59 Å². The van der Waals surface area contributed by atoms with Gasteiger partial charge in [0.1, 0.15) is 5.75 Å². The Morgan fingerprint density at radius 3 is 2.28 bits per heavy atom. The zero-order chi connectivity index (χ0) is 23.7. The van der Waals surface area contributed by atoms with Crippen LogP contribution in [0.15, 0.2) is 24.3 Å². The fourth-order valence-corrected chi connectivity index (χ4v) is 4.01. The summed E-state index contributed by atoms with van der Waals surface area (Å²) in [6.45, 7) is 9.24. The number of carbonyl (C=O) groups is 3. The highest BCUT2D eigenvalue weighted by atomic mass is 16.5.